The Balaban J connectivity index is 2.30. The fraction of sp³-hybridized carbons (Fsp3) is 0.308. The van der Waals surface area contributed by atoms with Crippen LogP contribution in [0.15, 0.2) is 24.7 Å². The van der Waals surface area contributed by atoms with Crippen LogP contribution >= 0.6 is 0 Å². The monoisotopic (exact) mass is 276 g/mol. The van der Waals surface area contributed by atoms with Crippen LogP contribution in [0.25, 0.3) is 0 Å². The first-order chi connectivity index (χ1) is 9.51. The minimum atomic E-state index is -0.559. The molecule has 2 aromatic rings. The second kappa shape index (κ2) is 5.60. The number of hydrogen-bond donors (Lipinski definition) is 1. The molecule has 0 amide bonds. The second-order valence-corrected chi connectivity index (χ2v) is 4.46. The highest BCUT2D eigenvalue weighted by atomic mass is 16.5. The first kappa shape index (κ1) is 13.9. The van der Waals surface area contributed by atoms with E-state index < -0.39 is 5.97 Å². The standard InChI is InChI=1S/C13H16N4O3/c1-8(2)17-7-10(6-16-17)20-12-11(13(18)19-3)4-9(14)5-15-12/h4-8H,14H2,1-3H3. The van der Waals surface area contributed by atoms with E-state index in [0.717, 1.165) is 0 Å². The van der Waals surface area contributed by atoms with Crippen LogP contribution in [0.4, 0.5) is 5.69 Å². The SMILES string of the molecule is COC(=O)c1cc(N)cnc1Oc1cnn(C(C)C)c1. The Labute approximate surface area is 116 Å². The zero-order valence-corrected chi connectivity index (χ0v) is 11.5. The van der Waals surface area contributed by atoms with E-state index >= 15 is 0 Å². The molecule has 0 unspecified atom stereocenters. The lowest BCUT2D eigenvalue weighted by atomic mass is 10.2. The molecule has 0 fully saturated rings. The summed E-state index contributed by atoms with van der Waals surface area (Å²) in [6.45, 7) is 4.00. The van der Waals surface area contributed by atoms with Gasteiger partial charge in [-0.3, -0.25) is 4.68 Å². The van der Waals surface area contributed by atoms with Gasteiger partial charge in [-0.2, -0.15) is 5.10 Å². The number of anilines is 1. The first-order valence-electron chi connectivity index (χ1n) is 6.07. The molecule has 0 spiro atoms. The topological polar surface area (TPSA) is 92.3 Å². The number of nitrogen functional groups attached to an aromatic ring is 1. The third kappa shape index (κ3) is 2.87. The summed E-state index contributed by atoms with van der Waals surface area (Å²) in [4.78, 5) is 15.7. The van der Waals surface area contributed by atoms with Crippen molar-refractivity contribution in [2.75, 3.05) is 12.8 Å². The summed E-state index contributed by atoms with van der Waals surface area (Å²) in [5, 5.41) is 4.15. The number of nitrogens with zero attached hydrogens (tertiary/aromatic N) is 3. The lowest BCUT2D eigenvalue weighted by molar-refractivity contribution is 0.0597. The number of carbonyl (C=O) groups excluding carboxylic acids is 1. The summed E-state index contributed by atoms with van der Waals surface area (Å²) in [6, 6.07) is 1.67. The Morgan fingerprint density at radius 1 is 1.40 bits per heavy atom. The fourth-order valence-corrected chi connectivity index (χ4v) is 1.57. The summed E-state index contributed by atoms with van der Waals surface area (Å²) in [5.74, 6) is 0.0616. The van der Waals surface area contributed by atoms with Crippen molar-refractivity contribution >= 4 is 11.7 Å². The predicted octanol–water partition coefficient (Wildman–Crippen LogP) is 2.02. The zero-order valence-electron chi connectivity index (χ0n) is 11.5. The quantitative estimate of drug-likeness (QED) is 0.859. The summed E-state index contributed by atoms with van der Waals surface area (Å²) >= 11 is 0. The van der Waals surface area contributed by atoms with Crippen molar-refractivity contribution in [1.82, 2.24) is 14.8 Å². The van der Waals surface area contributed by atoms with Gasteiger partial charge in [0.25, 0.3) is 0 Å². The number of methoxy groups -OCH3 is 1. The van der Waals surface area contributed by atoms with E-state index in [4.69, 9.17) is 10.5 Å². The van der Waals surface area contributed by atoms with E-state index in [1.165, 1.54) is 19.4 Å². The molecule has 7 heteroatoms. The number of nitrogens with two attached hydrogens (primary N) is 1. The highest BCUT2D eigenvalue weighted by molar-refractivity contribution is 5.92. The van der Waals surface area contributed by atoms with Crippen LogP contribution in [0.5, 0.6) is 11.6 Å². The number of carbonyl (C=O) groups is 1. The maximum Gasteiger partial charge on any atom is 0.343 e. The van der Waals surface area contributed by atoms with E-state index in [1.54, 1.807) is 17.1 Å². The van der Waals surface area contributed by atoms with Gasteiger partial charge in [0.15, 0.2) is 5.75 Å². The van der Waals surface area contributed by atoms with E-state index in [0.29, 0.717) is 11.4 Å². The molecule has 2 aromatic heterocycles. The average Bonchev–Trinajstić information content (AvgIpc) is 2.88. The maximum atomic E-state index is 11.7. The molecular weight excluding hydrogens is 260 g/mol. The minimum Gasteiger partial charge on any atom is -0.465 e. The lowest BCUT2D eigenvalue weighted by Gasteiger charge is -2.08. The molecule has 0 atom stereocenters. The van der Waals surface area contributed by atoms with Crippen LogP contribution in [-0.2, 0) is 4.74 Å². The van der Waals surface area contributed by atoms with E-state index in [1.807, 2.05) is 13.8 Å². The molecule has 0 radical (unpaired) electrons. The third-order valence-corrected chi connectivity index (χ3v) is 2.60. The van der Waals surface area contributed by atoms with Crippen LogP contribution in [0, 0.1) is 0 Å². The molecule has 2 rings (SSSR count). The molecule has 0 aliphatic carbocycles. The van der Waals surface area contributed by atoms with Crippen molar-refractivity contribution in [3.8, 4) is 11.6 Å². The molecule has 7 nitrogen and oxygen atoms in total. The van der Waals surface area contributed by atoms with Gasteiger partial charge < -0.3 is 15.2 Å². The normalized spacial score (nSPS) is 10.6. The molecule has 0 aliphatic rings. The number of hydrogen-bond acceptors (Lipinski definition) is 6. The first-order valence-corrected chi connectivity index (χ1v) is 6.07. The molecule has 0 bridgehead atoms. The number of esters is 1. The van der Waals surface area contributed by atoms with Gasteiger partial charge in [-0.1, -0.05) is 0 Å². The molecule has 106 valence electrons. The molecule has 2 N–H and O–H groups in total. The van der Waals surface area contributed by atoms with Crippen LogP contribution in [0.3, 0.4) is 0 Å². The Morgan fingerprint density at radius 3 is 2.75 bits per heavy atom. The third-order valence-electron chi connectivity index (χ3n) is 2.60. The van der Waals surface area contributed by atoms with Crippen molar-refractivity contribution in [2.45, 2.75) is 19.9 Å². The molecule has 0 saturated carbocycles. The molecular formula is C13H16N4O3. The van der Waals surface area contributed by atoms with Crippen molar-refractivity contribution in [3.63, 3.8) is 0 Å². The van der Waals surface area contributed by atoms with Crippen molar-refractivity contribution in [1.29, 1.82) is 0 Å². The Hall–Kier alpha value is -2.57. The fourth-order valence-electron chi connectivity index (χ4n) is 1.57. The molecule has 20 heavy (non-hydrogen) atoms. The van der Waals surface area contributed by atoms with Crippen molar-refractivity contribution < 1.29 is 14.3 Å². The van der Waals surface area contributed by atoms with Gasteiger partial charge >= 0.3 is 5.97 Å². The van der Waals surface area contributed by atoms with Gasteiger partial charge in [0.2, 0.25) is 5.88 Å². The van der Waals surface area contributed by atoms with Gasteiger partial charge in [0.05, 0.1) is 31.4 Å². The average molecular weight is 276 g/mol. The van der Waals surface area contributed by atoms with Gasteiger partial charge in [-0.15, -0.1) is 0 Å². The Morgan fingerprint density at radius 2 is 2.15 bits per heavy atom. The zero-order chi connectivity index (χ0) is 14.7. The van der Waals surface area contributed by atoms with Crippen LogP contribution in [-0.4, -0.2) is 27.8 Å². The maximum absolute atomic E-state index is 11.7. The van der Waals surface area contributed by atoms with Crippen molar-refractivity contribution in [2.24, 2.45) is 0 Å². The minimum absolute atomic E-state index is 0.134. The van der Waals surface area contributed by atoms with Gasteiger partial charge in [0, 0.05) is 6.04 Å². The van der Waals surface area contributed by atoms with E-state index in [9.17, 15) is 4.79 Å². The molecule has 0 saturated heterocycles. The summed E-state index contributed by atoms with van der Waals surface area (Å²) in [6.07, 6.45) is 4.69. The van der Waals surface area contributed by atoms with Crippen LogP contribution in [0.1, 0.15) is 30.2 Å². The number of pyridine rings is 1. The van der Waals surface area contributed by atoms with E-state index in [2.05, 4.69) is 14.8 Å². The smallest absolute Gasteiger partial charge is 0.343 e. The van der Waals surface area contributed by atoms with Crippen LogP contribution in [0.2, 0.25) is 0 Å². The largest absolute Gasteiger partial charge is 0.465 e. The van der Waals surface area contributed by atoms with Gasteiger partial charge in [0.1, 0.15) is 5.56 Å². The molecule has 0 aromatic carbocycles. The lowest BCUT2D eigenvalue weighted by Crippen LogP contribution is -2.06. The highest BCUT2D eigenvalue weighted by Crippen LogP contribution is 2.25. The number of rotatable bonds is 4. The Kier molecular flexibility index (Phi) is 3.88. The van der Waals surface area contributed by atoms with Crippen molar-refractivity contribution in [3.05, 3.63) is 30.2 Å². The van der Waals surface area contributed by atoms with Gasteiger partial charge in [-0.05, 0) is 19.9 Å². The summed E-state index contributed by atoms with van der Waals surface area (Å²) in [7, 11) is 1.28. The summed E-state index contributed by atoms with van der Waals surface area (Å²) in [5.41, 5.74) is 6.14. The van der Waals surface area contributed by atoms with Crippen LogP contribution < -0.4 is 10.5 Å². The molecule has 2 heterocycles. The summed E-state index contributed by atoms with van der Waals surface area (Å²) < 4.78 is 12.0. The van der Waals surface area contributed by atoms with E-state index in [-0.39, 0.29) is 17.5 Å². The second-order valence-electron chi connectivity index (χ2n) is 4.46. The highest BCUT2D eigenvalue weighted by Gasteiger charge is 2.16. The Bertz CT molecular complexity index is 622. The van der Waals surface area contributed by atoms with Gasteiger partial charge in [-0.25, -0.2) is 9.78 Å². The number of ether oxygens (including phenoxy) is 2. The number of aromatic nitrogens is 3. The molecule has 0 aliphatic heterocycles. The predicted molar refractivity (Wildman–Crippen MR) is 72.7 cm³/mol.